The fourth-order valence-electron chi connectivity index (χ4n) is 2.85. The Hall–Kier alpha value is -1.02. The molecule has 2 rings (SSSR count). The van der Waals surface area contributed by atoms with E-state index in [0.717, 1.165) is 0 Å². The van der Waals surface area contributed by atoms with Crippen molar-refractivity contribution in [3.63, 3.8) is 0 Å². The summed E-state index contributed by atoms with van der Waals surface area (Å²) >= 11 is 0. The van der Waals surface area contributed by atoms with E-state index in [-0.39, 0.29) is 0 Å². The highest BCUT2D eigenvalue weighted by molar-refractivity contribution is 5.54. The van der Waals surface area contributed by atoms with Crippen LogP contribution >= 0.6 is 0 Å². The van der Waals surface area contributed by atoms with Crippen LogP contribution in [-0.2, 0) is 0 Å². The molecule has 1 heterocycles. The summed E-state index contributed by atoms with van der Waals surface area (Å²) in [4.78, 5) is 2.46. The molecule has 18 heavy (non-hydrogen) atoms. The van der Waals surface area contributed by atoms with Crippen LogP contribution < -0.4 is 5.32 Å². The molecule has 0 radical (unpaired) electrons. The quantitative estimate of drug-likeness (QED) is 0.860. The zero-order chi connectivity index (χ0) is 13.3. The summed E-state index contributed by atoms with van der Waals surface area (Å²) in [5.41, 5.74) is 4.06. The van der Waals surface area contributed by atoms with Crippen LogP contribution in [0.3, 0.4) is 0 Å². The van der Waals surface area contributed by atoms with Gasteiger partial charge < -0.3 is 10.2 Å². The molecule has 3 atom stereocenters. The molecule has 0 saturated carbocycles. The van der Waals surface area contributed by atoms with Crippen LogP contribution in [0.15, 0.2) is 18.2 Å². The molecular formula is C16H26N2. The Kier molecular flexibility index (Phi) is 3.96. The molecule has 1 aliphatic heterocycles. The highest BCUT2D eigenvalue weighted by Gasteiger charge is 2.28. The van der Waals surface area contributed by atoms with Gasteiger partial charge in [-0.2, -0.15) is 0 Å². The monoisotopic (exact) mass is 246 g/mol. The van der Waals surface area contributed by atoms with Gasteiger partial charge in [0.05, 0.1) is 0 Å². The minimum Gasteiger partial charge on any atom is -0.382 e. The first-order valence-electron chi connectivity index (χ1n) is 7.02. The van der Waals surface area contributed by atoms with Crippen molar-refractivity contribution in [3.8, 4) is 0 Å². The molecule has 1 fully saturated rings. The number of rotatable bonds is 2. The summed E-state index contributed by atoms with van der Waals surface area (Å²) in [5.74, 6) is 0.700. The lowest BCUT2D eigenvalue weighted by atomic mass is 9.89. The van der Waals surface area contributed by atoms with E-state index in [1.165, 1.54) is 29.8 Å². The van der Waals surface area contributed by atoms with E-state index >= 15 is 0 Å². The van der Waals surface area contributed by atoms with Crippen LogP contribution in [0.1, 0.15) is 31.4 Å². The van der Waals surface area contributed by atoms with Gasteiger partial charge >= 0.3 is 0 Å². The molecule has 0 amide bonds. The summed E-state index contributed by atoms with van der Waals surface area (Å²) in [5, 5.41) is 3.76. The number of nitrogens with zero attached hydrogens (tertiary/aromatic N) is 1. The predicted octanol–water partition coefficient (Wildman–Crippen LogP) is 3.44. The summed E-state index contributed by atoms with van der Waals surface area (Å²) in [7, 11) is 2.23. The molecule has 0 aliphatic carbocycles. The number of hydrogen-bond acceptors (Lipinski definition) is 2. The molecule has 2 nitrogen and oxygen atoms in total. The molecule has 1 aliphatic rings. The van der Waals surface area contributed by atoms with E-state index in [1.807, 2.05) is 0 Å². The number of nitrogens with one attached hydrogen (secondary N) is 1. The second-order valence-corrected chi connectivity index (χ2v) is 6.00. The maximum Gasteiger partial charge on any atom is 0.0374 e. The predicted molar refractivity (Wildman–Crippen MR) is 79.2 cm³/mol. The fraction of sp³-hybridized carbons (Fsp3) is 0.625. The molecule has 0 spiro atoms. The molecule has 0 aromatic heterocycles. The van der Waals surface area contributed by atoms with Crippen molar-refractivity contribution in [2.75, 3.05) is 18.9 Å². The molecule has 1 N–H and O–H groups in total. The normalized spacial score (nSPS) is 29.3. The molecule has 1 saturated heterocycles. The molecule has 2 heteroatoms. The minimum atomic E-state index is 0.594. The number of piperidine rings is 1. The lowest BCUT2D eigenvalue weighted by Gasteiger charge is -2.40. The van der Waals surface area contributed by atoms with Crippen molar-refractivity contribution in [2.45, 2.75) is 46.2 Å². The van der Waals surface area contributed by atoms with Gasteiger partial charge in [0.1, 0.15) is 0 Å². The van der Waals surface area contributed by atoms with Gasteiger partial charge in [0.15, 0.2) is 0 Å². The highest BCUT2D eigenvalue weighted by atomic mass is 15.2. The Bertz CT molecular complexity index is 414. The van der Waals surface area contributed by atoms with E-state index in [9.17, 15) is 0 Å². The van der Waals surface area contributed by atoms with Crippen LogP contribution in [0.2, 0.25) is 0 Å². The Morgan fingerprint density at radius 3 is 2.67 bits per heavy atom. The SMILES string of the molecule is Cc1cccc(NC2CC(C)N(C)CC2C)c1C. The third-order valence-corrected chi connectivity index (χ3v) is 4.56. The smallest absolute Gasteiger partial charge is 0.0374 e. The summed E-state index contributed by atoms with van der Waals surface area (Å²) < 4.78 is 0. The third-order valence-electron chi connectivity index (χ3n) is 4.56. The van der Waals surface area contributed by atoms with Crippen molar-refractivity contribution < 1.29 is 0 Å². The lowest BCUT2D eigenvalue weighted by molar-refractivity contribution is 0.145. The summed E-state index contributed by atoms with van der Waals surface area (Å²) in [6, 6.07) is 7.80. The first-order valence-corrected chi connectivity index (χ1v) is 7.02. The van der Waals surface area contributed by atoms with Gasteiger partial charge in [0, 0.05) is 24.3 Å². The van der Waals surface area contributed by atoms with E-state index in [4.69, 9.17) is 0 Å². The molecular weight excluding hydrogens is 220 g/mol. The van der Waals surface area contributed by atoms with Gasteiger partial charge in [-0.25, -0.2) is 0 Å². The van der Waals surface area contributed by atoms with Crippen molar-refractivity contribution in [1.82, 2.24) is 4.90 Å². The van der Waals surface area contributed by atoms with Crippen LogP contribution in [-0.4, -0.2) is 30.6 Å². The Balaban J connectivity index is 2.11. The average molecular weight is 246 g/mol. The Morgan fingerprint density at radius 2 is 1.94 bits per heavy atom. The fourth-order valence-corrected chi connectivity index (χ4v) is 2.85. The first kappa shape index (κ1) is 13.4. The van der Waals surface area contributed by atoms with Gasteiger partial charge in [-0.05, 0) is 57.4 Å². The van der Waals surface area contributed by atoms with E-state index < -0.39 is 0 Å². The van der Waals surface area contributed by atoms with E-state index in [2.05, 4.69) is 63.2 Å². The van der Waals surface area contributed by atoms with Crippen molar-refractivity contribution in [1.29, 1.82) is 0 Å². The van der Waals surface area contributed by atoms with Crippen LogP contribution in [0.4, 0.5) is 5.69 Å². The number of likely N-dealkylation sites (tertiary alicyclic amines) is 1. The first-order chi connectivity index (χ1) is 8.49. The lowest BCUT2D eigenvalue weighted by Crippen LogP contribution is -2.48. The van der Waals surface area contributed by atoms with Crippen LogP contribution in [0.25, 0.3) is 0 Å². The maximum atomic E-state index is 3.76. The van der Waals surface area contributed by atoms with Gasteiger partial charge in [-0.1, -0.05) is 19.1 Å². The molecule has 1 aromatic rings. The second-order valence-electron chi connectivity index (χ2n) is 6.00. The van der Waals surface area contributed by atoms with Gasteiger partial charge in [-0.15, -0.1) is 0 Å². The average Bonchev–Trinajstić information content (AvgIpc) is 2.32. The van der Waals surface area contributed by atoms with E-state index in [1.54, 1.807) is 0 Å². The molecule has 0 bridgehead atoms. The zero-order valence-electron chi connectivity index (χ0n) is 12.3. The highest BCUT2D eigenvalue weighted by Crippen LogP contribution is 2.26. The Morgan fingerprint density at radius 1 is 1.22 bits per heavy atom. The maximum absolute atomic E-state index is 3.76. The van der Waals surface area contributed by atoms with Crippen LogP contribution in [0, 0.1) is 19.8 Å². The molecule has 1 aromatic carbocycles. The standard InChI is InChI=1S/C16H26N2/c1-11-7-6-8-15(14(11)4)17-16-9-13(3)18(5)10-12(16)2/h6-8,12-13,16-17H,9-10H2,1-5H3. The zero-order valence-corrected chi connectivity index (χ0v) is 12.3. The topological polar surface area (TPSA) is 15.3 Å². The Labute approximate surface area is 111 Å². The van der Waals surface area contributed by atoms with Crippen molar-refractivity contribution in [3.05, 3.63) is 29.3 Å². The summed E-state index contributed by atoms with van der Waals surface area (Å²) in [6.07, 6.45) is 1.23. The number of benzene rings is 1. The second kappa shape index (κ2) is 5.31. The number of hydrogen-bond donors (Lipinski definition) is 1. The molecule has 3 unspecified atom stereocenters. The number of aryl methyl sites for hydroxylation is 1. The van der Waals surface area contributed by atoms with Crippen molar-refractivity contribution in [2.24, 2.45) is 5.92 Å². The number of anilines is 1. The molecule has 100 valence electrons. The largest absolute Gasteiger partial charge is 0.382 e. The van der Waals surface area contributed by atoms with Gasteiger partial charge in [-0.3, -0.25) is 0 Å². The third kappa shape index (κ3) is 2.69. The van der Waals surface area contributed by atoms with Gasteiger partial charge in [0.2, 0.25) is 0 Å². The van der Waals surface area contributed by atoms with Gasteiger partial charge in [0.25, 0.3) is 0 Å². The van der Waals surface area contributed by atoms with E-state index in [0.29, 0.717) is 18.0 Å². The van der Waals surface area contributed by atoms with Crippen molar-refractivity contribution >= 4 is 5.69 Å². The minimum absolute atomic E-state index is 0.594. The summed E-state index contributed by atoms with van der Waals surface area (Å²) in [6.45, 7) is 10.3. The van der Waals surface area contributed by atoms with Crippen LogP contribution in [0.5, 0.6) is 0 Å².